The van der Waals surface area contributed by atoms with Crippen molar-refractivity contribution in [2.75, 3.05) is 6.61 Å². The van der Waals surface area contributed by atoms with Gasteiger partial charge in [0.15, 0.2) is 0 Å². The Kier molecular flexibility index (Phi) is 4.75. The van der Waals surface area contributed by atoms with E-state index in [4.69, 9.17) is 4.74 Å². The minimum absolute atomic E-state index is 0.0857. The highest BCUT2D eigenvalue weighted by Crippen LogP contribution is 2.25. The molecule has 0 aromatic carbocycles. The van der Waals surface area contributed by atoms with Crippen LogP contribution in [0.4, 0.5) is 0 Å². The first-order valence-corrected chi connectivity index (χ1v) is 7.22. The molecule has 1 aliphatic carbocycles. The molecule has 0 bridgehead atoms. The fourth-order valence-corrected chi connectivity index (χ4v) is 2.28. The minimum Gasteiger partial charge on any atom is -0.476 e. The summed E-state index contributed by atoms with van der Waals surface area (Å²) in [5.74, 6) is 1.36. The van der Waals surface area contributed by atoms with Gasteiger partial charge < -0.3 is 10.1 Å². The summed E-state index contributed by atoms with van der Waals surface area (Å²) in [4.78, 5) is 8.69. The Hall–Kier alpha value is -1.16. The average molecular weight is 263 g/mol. The van der Waals surface area contributed by atoms with Crippen LogP contribution in [0.15, 0.2) is 12.4 Å². The van der Waals surface area contributed by atoms with Gasteiger partial charge >= 0.3 is 0 Å². The van der Waals surface area contributed by atoms with E-state index in [9.17, 15) is 0 Å². The van der Waals surface area contributed by atoms with Crippen LogP contribution in [0.3, 0.4) is 0 Å². The van der Waals surface area contributed by atoms with E-state index in [1.54, 1.807) is 12.4 Å². The van der Waals surface area contributed by atoms with Gasteiger partial charge in [0.25, 0.3) is 0 Å². The zero-order valence-electron chi connectivity index (χ0n) is 12.3. The van der Waals surface area contributed by atoms with Gasteiger partial charge in [-0.1, -0.05) is 12.8 Å². The molecule has 1 heterocycles. The monoisotopic (exact) mass is 263 g/mol. The lowest BCUT2D eigenvalue weighted by atomic mass is 10.1. The predicted octanol–water partition coefficient (Wildman–Crippen LogP) is 2.93. The minimum atomic E-state index is 0.0857. The third-order valence-electron chi connectivity index (χ3n) is 3.40. The van der Waals surface area contributed by atoms with Crippen molar-refractivity contribution in [3.05, 3.63) is 18.1 Å². The van der Waals surface area contributed by atoms with Gasteiger partial charge in [0.2, 0.25) is 5.88 Å². The van der Waals surface area contributed by atoms with Crippen LogP contribution in [0.25, 0.3) is 0 Å². The highest BCUT2D eigenvalue weighted by atomic mass is 16.5. The molecule has 1 fully saturated rings. The van der Waals surface area contributed by atoms with Crippen molar-refractivity contribution in [2.24, 2.45) is 5.92 Å². The molecule has 1 aromatic rings. The Balaban J connectivity index is 1.84. The maximum absolute atomic E-state index is 5.76. The number of ether oxygens (including phenoxy) is 1. The van der Waals surface area contributed by atoms with Crippen LogP contribution in [-0.4, -0.2) is 22.1 Å². The molecule has 1 saturated carbocycles. The van der Waals surface area contributed by atoms with Crippen LogP contribution in [-0.2, 0) is 6.54 Å². The van der Waals surface area contributed by atoms with Gasteiger partial charge in [-0.3, -0.25) is 4.98 Å². The summed E-state index contributed by atoms with van der Waals surface area (Å²) < 4.78 is 5.76. The van der Waals surface area contributed by atoms with E-state index in [0.717, 1.165) is 18.8 Å². The molecule has 0 radical (unpaired) electrons. The molecular formula is C15H25N3O. The van der Waals surface area contributed by atoms with Crippen LogP contribution in [0.1, 0.15) is 52.1 Å². The predicted molar refractivity (Wildman–Crippen MR) is 76.1 cm³/mol. The van der Waals surface area contributed by atoms with Crippen molar-refractivity contribution in [3.63, 3.8) is 0 Å². The topological polar surface area (TPSA) is 47.0 Å². The second-order valence-corrected chi connectivity index (χ2v) is 6.41. The lowest BCUT2D eigenvalue weighted by Gasteiger charge is -2.20. The van der Waals surface area contributed by atoms with Crippen molar-refractivity contribution < 1.29 is 4.74 Å². The number of rotatable bonds is 5. The Morgan fingerprint density at radius 2 is 2.00 bits per heavy atom. The molecule has 19 heavy (non-hydrogen) atoms. The smallest absolute Gasteiger partial charge is 0.232 e. The maximum Gasteiger partial charge on any atom is 0.232 e. The Morgan fingerprint density at radius 3 is 2.68 bits per heavy atom. The van der Waals surface area contributed by atoms with Gasteiger partial charge in [-0.2, -0.15) is 0 Å². The second-order valence-electron chi connectivity index (χ2n) is 6.41. The third kappa shape index (κ3) is 5.15. The third-order valence-corrected chi connectivity index (χ3v) is 3.40. The summed E-state index contributed by atoms with van der Waals surface area (Å²) in [6.07, 6.45) is 8.76. The van der Waals surface area contributed by atoms with Crippen molar-refractivity contribution in [1.29, 1.82) is 0 Å². The molecule has 1 aliphatic rings. The van der Waals surface area contributed by atoms with Crippen LogP contribution >= 0.6 is 0 Å². The molecule has 1 aromatic heterocycles. The quantitative estimate of drug-likeness (QED) is 0.887. The van der Waals surface area contributed by atoms with Crippen molar-refractivity contribution in [1.82, 2.24) is 15.3 Å². The Morgan fingerprint density at radius 1 is 1.26 bits per heavy atom. The highest BCUT2D eigenvalue weighted by Gasteiger charge is 2.16. The van der Waals surface area contributed by atoms with E-state index in [-0.39, 0.29) is 5.54 Å². The summed E-state index contributed by atoms with van der Waals surface area (Å²) in [6, 6.07) is 0. The van der Waals surface area contributed by atoms with Crippen LogP contribution < -0.4 is 10.1 Å². The van der Waals surface area contributed by atoms with Crippen molar-refractivity contribution in [2.45, 2.75) is 58.5 Å². The molecule has 0 aliphatic heterocycles. The Bertz CT molecular complexity index is 395. The molecule has 0 spiro atoms. The summed E-state index contributed by atoms with van der Waals surface area (Å²) in [5.41, 5.74) is 1.02. The van der Waals surface area contributed by atoms with Crippen molar-refractivity contribution >= 4 is 0 Å². The summed E-state index contributed by atoms with van der Waals surface area (Å²) >= 11 is 0. The highest BCUT2D eigenvalue weighted by molar-refractivity contribution is 5.08. The van der Waals surface area contributed by atoms with Gasteiger partial charge in [-0.25, -0.2) is 4.98 Å². The van der Waals surface area contributed by atoms with Gasteiger partial charge in [-0.05, 0) is 39.5 Å². The van der Waals surface area contributed by atoms with Crippen LogP contribution in [0, 0.1) is 5.92 Å². The van der Waals surface area contributed by atoms with E-state index >= 15 is 0 Å². The number of nitrogens with one attached hydrogen (secondary N) is 1. The molecule has 4 heteroatoms. The zero-order chi connectivity index (χ0) is 13.7. The van der Waals surface area contributed by atoms with Crippen LogP contribution in [0.5, 0.6) is 5.88 Å². The fourth-order valence-electron chi connectivity index (χ4n) is 2.28. The fraction of sp³-hybridized carbons (Fsp3) is 0.733. The molecule has 2 rings (SSSR count). The first kappa shape index (κ1) is 14.3. The van der Waals surface area contributed by atoms with E-state index in [1.807, 2.05) is 0 Å². The molecule has 1 N–H and O–H groups in total. The lowest BCUT2D eigenvalue weighted by molar-refractivity contribution is 0.241. The molecule has 0 saturated heterocycles. The van der Waals surface area contributed by atoms with E-state index in [2.05, 4.69) is 36.1 Å². The first-order chi connectivity index (χ1) is 9.03. The summed E-state index contributed by atoms with van der Waals surface area (Å²) in [6.45, 7) is 7.92. The zero-order valence-corrected chi connectivity index (χ0v) is 12.3. The number of hydrogen-bond donors (Lipinski definition) is 1. The molecule has 0 amide bonds. The van der Waals surface area contributed by atoms with Gasteiger partial charge in [0.1, 0.15) is 0 Å². The SMILES string of the molecule is CC(C)(C)NCc1cncc(OCC2CCCC2)n1. The standard InChI is InChI=1S/C15H25N3O/c1-15(2,3)17-9-13-8-16-10-14(18-13)19-11-12-6-4-5-7-12/h8,10,12,17H,4-7,9,11H2,1-3H3. The van der Waals surface area contributed by atoms with Crippen molar-refractivity contribution in [3.8, 4) is 5.88 Å². The summed E-state index contributed by atoms with van der Waals surface area (Å²) in [7, 11) is 0. The van der Waals surface area contributed by atoms with Crippen LogP contribution in [0.2, 0.25) is 0 Å². The van der Waals surface area contributed by atoms with Gasteiger partial charge in [0, 0.05) is 18.3 Å². The molecule has 0 atom stereocenters. The Labute approximate surface area is 116 Å². The first-order valence-electron chi connectivity index (χ1n) is 7.22. The maximum atomic E-state index is 5.76. The number of nitrogens with zero attached hydrogens (tertiary/aromatic N) is 2. The van der Waals surface area contributed by atoms with Gasteiger partial charge in [-0.15, -0.1) is 0 Å². The second kappa shape index (κ2) is 6.33. The van der Waals surface area contributed by atoms with E-state index in [0.29, 0.717) is 11.8 Å². The van der Waals surface area contributed by atoms with E-state index < -0.39 is 0 Å². The lowest BCUT2D eigenvalue weighted by Crippen LogP contribution is -2.35. The summed E-state index contributed by atoms with van der Waals surface area (Å²) in [5, 5.41) is 3.40. The average Bonchev–Trinajstić information content (AvgIpc) is 2.87. The number of aromatic nitrogens is 2. The molecular weight excluding hydrogens is 238 g/mol. The number of hydrogen-bond acceptors (Lipinski definition) is 4. The normalized spacial score (nSPS) is 16.8. The van der Waals surface area contributed by atoms with E-state index in [1.165, 1.54) is 25.7 Å². The molecule has 0 unspecified atom stereocenters. The van der Waals surface area contributed by atoms with Gasteiger partial charge in [0.05, 0.1) is 18.5 Å². The largest absolute Gasteiger partial charge is 0.476 e. The molecule has 4 nitrogen and oxygen atoms in total. The molecule has 106 valence electrons.